The van der Waals surface area contributed by atoms with Gasteiger partial charge in [0, 0.05) is 22.4 Å². The summed E-state index contributed by atoms with van der Waals surface area (Å²) in [7, 11) is 0. The zero-order valence-electron chi connectivity index (χ0n) is 16.7. The molecule has 2 amide bonds. The second-order valence-corrected chi connectivity index (χ2v) is 9.33. The number of para-hydroxylation sites is 1. The molecule has 5 nitrogen and oxygen atoms in total. The van der Waals surface area contributed by atoms with Crippen LogP contribution in [0, 0.1) is 43.4 Å². The number of carbonyl (C=O) groups is 2. The Balaban J connectivity index is 1.40. The molecule has 2 aliphatic carbocycles. The van der Waals surface area contributed by atoms with Gasteiger partial charge in [-0.3, -0.25) is 9.59 Å². The highest BCUT2D eigenvalue weighted by atomic mass is 35.5. The third-order valence-corrected chi connectivity index (χ3v) is 7.83. The fourth-order valence-corrected chi connectivity index (χ4v) is 6.63. The van der Waals surface area contributed by atoms with E-state index in [1.165, 1.54) is 4.90 Å². The number of nitrogens with zero attached hydrogens (tertiary/aromatic N) is 2. The minimum atomic E-state index is -0.316. The zero-order chi connectivity index (χ0) is 20.7. The number of hydrogen-bond acceptors (Lipinski definition) is 4. The molecule has 0 N–H and O–H groups in total. The van der Waals surface area contributed by atoms with E-state index in [1.54, 1.807) is 0 Å². The van der Waals surface area contributed by atoms with E-state index in [0.29, 0.717) is 5.02 Å². The monoisotopic (exact) mass is 420 g/mol. The van der Waals surface area contributed by atoms with Crippen molar-refractivity contribution in [2.45, 2.75) is 26.4 Å². The molecule has 2 aliphatic heterocycles. The van der Waals surface area contributed by atoms with Crippen LogP contribution in [0.25, 0.3) is 0 Å². The highest BCUT2D eigenvalue weighted by molar-refractivity contribution is 6.34. The standard InChI is InChI=1S/C24H21ClN2O3/c1-11-6-5-7-12(2)21(11)27-23(28)17-14-10-15(18(17)24(27)29)22-19(14)20(26-30-22)13-8-3-4-9-16(13)25/h3-9,14-15,17-19,22H,10H2,1-2H3/t14-,15-,17+,18-,19-,22+/m1/s1. The maximum atomic E-state index is 13.6. The van der Waals surface area contributed by atoms with Crippen LogP contribution in [0.2, 0.25) is 5.02 Å². The summed E-state index contributed by atoms with van der Waals surface area (Å²) < 4.78 is 0. The summed E-state index contributed by atoms with van der Waals surface area (Å²) in [6.07, 6.45) is 0.670. The second-order valence-electron chi connectivity index (χ2n) is 8.92. The Morgan fingerprint density at radius 3 is 2.30 bits per heavy atom. The molecule has 3 fully saturated rings. The van der Waals surface area contributed by atoms with E-state index in [-0.39, 0.29) is 47.5 Å². The summed E-state index contributed by atoms with van der Waals surface area (Å²) in [4.78, 5) is 34.4. The van der Waals surface area contributed by atoms with Gasteiger partial charge in [-0.1, -0.05) is 53.2 Å². The van der Waals surface area contributed by atoms with E-state index in [2.05, 4.69) is 5.16 Å². The Bertz CT molecular complexity index is 1120. The molecule has 0 unspecified atom stereocenters. The van der Waals surface area contributed by atoms with E-state index in [4.69, 9.17) is 16.4 Å². The first-order valence-corrected chi connectivity index (χ1v) is 10.8. The Hall–Kier alpha value is -2.66. The van der Waals surface area contributed by atoms with Gasteiger partial charge in [0.2, 0.25) is 11.8 Å². The van der Waals surface area contributed by atoms with Gasteiger partial charge in [-0.15, -0.1) is 0 Å². The Labute approximate surface area is 179 Å². The molecule has 0 radical (unpaired) electrons. The molecule has 2 aromatic rings. The summed E-state index contributed by atoms with van der Waals surface area (Å²) in [5, 5.41) is 5.00. The molecule has 152 valence electrons. The van der Waals surface area contributed by atoms with Crippen molar-refractivity contribution in [2.75, 3.05) is 4.90 Å². The van der Waals surface area contributed by atoms with Gasteiger partial charge in [0.05, 0.1) is 23.2 Å². The lowest BCUT2D eigenvalue weighted by atomic mass is 9.71. The molecular weight excluding hydrogens is 400 g/mol. The second kappa shape index (κ2) is 6.17. The minimum Gasteiger partial charge on any atom is -0.391 e. The third-order valence-electron chi connectivity index (χ3n) is 7.50. The molecule has 6 heteroatoms. The molecule has 2 bridgehead atoms. The summed E-state index contributed by atoms with van der Waals surface area (Å²) in [5.74, 6) is -0.707. The number of benzene rings is 2. The summed E-state index contributed by atoms with van der Waals surface area (Å²) in [6.45, 7) is 3.90. The average molecular weight is 421 g/mol. The Morgan fingerprint density at radius 1 is 0.933 bits per heavy atom. The maximum Gasteiger partial charge on any atom is 0.238 e. The number of oxime groups is 1. The van der Waals surface area contributed by atoms with Gasteiger partial charge < -0.3 is 4.84 Å². The van der Waals surface area contributed by atoms with Crippen LogP contribution in [-0.4, -0.2) is 23.6 Å². The van der Waals surface area contributed by atoms with Crippen LogP contribution >= 0.6 is 11.6 Å². The zero-order valence-corrected chi connectivity index (χ0v) is 17.5. The molecule has 2 saturated carbocycles. The number of amides is 2. The fourth-order valence-electron chi connectivity index (χ4n) is 6.40. The Morgan fingerprint density at radius 2 is 1.60 bits per heavy atom. The Kier molecular flexibility index (Phi) is 3.73. The molecule has 1 saturated heterocycles. The van der Waals surface area contributed by atoms with Crippen LogP contribution in [0.4, 0.5) is 5.69 Å². The number of anilines is 1. The van der Waals surface area contributed by atoms with E-state index in [1.807, 2.05) is 56.3 Å². The van der Waals surface area contributed by atoms with Crippen molar-refractivity contribution in [2.24, 2.45) is 34.7 Å². The summed E-state index contributed by atoms with van der Waals surface area (Å²) >= 11 is 6.43. The molecule has 30 heavy (non-hydrogen) atoms. The molecule has 6 rings (SSSR count). The van der Waals surface area contributed by atoms with Gasteiger partial charge in [0.25, 0.3) is 0 Å². The van der Waals surface area contributed by atoms with Crippen molar-refractivity contribution in [1.82, 2.24) is 0 Å². The minimum absolute atomic E-state index is 0.00539. The van der Waals surface area contributed by atoms with E-state index >= 15 is 0 Å². The van der Waals surface area contributed by atoms with Crippen LogP contribution in [0.1, 0.15) is 23.1 Å². The van der Waals surface area contributed by atoms with Crippen molar-refractivity contribution in [3.8, 4) is 0 Å². The van der Waals surface area contributed by atoms with Crippen molar-refractivity contribution < 1.29 is 14.4 Å². The first-order valence-electron chi connectivity index (χ1n) is 10.4. The lowest BCUT2D eigenvalue weighted by Crippen LogP contribution is -2.41. The van der Waals surface area contributed by atoms with Gasteiger partial charge >= 0.3 is 0 Å². The number of rotatable bonds is 2. The number of imide groups is 1. The fraction of sp³-hybridized carbons (Fsp3) is 0.375. The highest BCUT2D eigenvalue weighted by Crippen LogP contribution is 2.62. The van der Waals surface area contributed by atoms with Gasteiger partial charge in [-0.05, 0) is 43.4 Å². The largest absolute Gasteiger partial charge is 0.391 e. The number of halogens is 1. The molecular formula is C24H21ClN2O3. The number of carbonyl (C=O) groups excluding carboxylic acids is 2. The van der Waals surface area contributed by atoms with Crippen LogP contribution < -0.4 is 4.90 Å². The lowest BCUT2D eigenvalue weighted by molar-refractivity contribution is -0.125. The third kappa shape index (κ3) is 2.16. The van der Waals surface area contributed by atoms with Crippen LogP contribution in [-0.2, 0) is 14.4 Å². The maximum absolute atomic E-state index is 13.6. The average Bonchev–Trinajstić information content (AvgIpc) is 3.45. The number of aryl methyl sites for hydroxylation is 2. The van der Waals surface area contributed by atoms with Gasteiger partial charge in [0.1, 0.15) is 6.10 Å². The van der Waals surface area contributed by atoms with E-state index < -0.39 is 0 Å². The predicted octanol–water partition coefficient (Wildman–Crippen LogP) is 4.13. The first-order chi connectivity index (χ1) is 14.5. The van der Waals surface area contributed by atoms with E-state index in [9.17, 15) is 9.59 Å². The molecule has 2 aromatic carbocycles. The molecule has 2 heterocycles. The van der Waals surface area contributed by atoms with Crippen LogP contribution in [0.5, 0.6) is 0 Å². The van der Waals surface area contributed by atoms with Gasteiger partial charge in [0.15, 0.2) is 0 Å². The highest BCUT2D eigenvalue weighted by Gasteiger charge is 2.70. The molecule has 0 aromatic heterocycles. The van der Waals surface area contributed by atoms with E-state index in [0.717, 1.165) is 34.5 Å². The van der Waals surface area contributed by atoms with Crippen LogP contribution in [0.15, 0.2) is 47.6 Å². The van der Waals surface area contributed by atoms with Crippen molar-refractivity contribution in [3.63, 3.8) is 0 Å². The topological polar surface area (TPSA) is 59.0 Å². The predicted molar refractivity (Wildman–Crippen MR) is 113 cm³/mol. The first kappa shape index (κ1) is 18.1. The molecule has 4 aliphatic rings. The number of fused-ring (bicyclic) bond motifs is 8. The van der Waals surface area contributed by atoms with Gasteiger partial charge in [-0.2, -0.15) is 0 Å². The van der Waals surface area contributed by atoms with Crippen molar-refractivity contribution >= 4 is 34.8 Å². The number of hydrogen-bond donors (Lipinski definition) is 0. The quantitative estimate of drug-likeness (QED) is 0.686. The molecule has 6 atom stereocenters. The summed E-state index contributed by atoms with van der Waals surface area (Å²) in [5.41, 5.74) is 4.31. The SMILES string of the molecule is Cc1cccc(C)c1N1C(=O)[C@@H]2[C@H]3C[C@@H]([C@@H]4C(c5ccccc5Cl)=NO[C@@H]34)[C@@H]2C1=O. The van der Waals surface area contributed by atoms with Crippen molar-refractivity contribution in [3.05, 3.63) is 64.2 Å². The normalized spacial score (nSPS) is 33.6. The molecule has 0 spiro atoms. The smallest absolute Gasteiger partial charge is 0.238 e. The van der Waals surface area contributed by atoms with Crippen LogP contribution in [0.3, 0.4) is 0 Å². The lowest BCUT2D eigenvalue weighted by Gasteiger charge is -2.30. The summed E-state index contributed by atoms with van der Waals surface area (Å²) in [6, 6.07) is 13.5. The van der Waals surface area contributed by atoms with Gasteiger partial charge in [-0.25, -0.2) is 4.90 Å². The van der Waals surface area contributed by atoms with Crippen molar-refractivity contribution in [1.29, 1.82) is 0 Å².